The Morgan fingerprint density at radius 3 is 2.66 bits per heavy atom. The molecule has 6 rings (SSSR count). The molecule has 180 valence electrons. The number of anilines is 1. The molecule has 2 amide bonds. The van der Waals surface area contributed by atoms with Crippen LogP contribution in [0.25, 0.3) is 0 Å². The van der Waals surface area contributed by atoms with Crippen molar-refractivity contribution in [2.45, 2.75) is 57.4 Å². The Balaban J connectivity index is 1.25. The average Bonchev–Trinajstić information content (AvgIpc) is 3.62. The van der Waals surface area contributed by atoms with Crippen LogP contribution < -0.4 is 9.64 Å². The van der Waals surface area contributed by atoms with Gasteiger partial charge in [0.25, 0.3) is 0 Å². The number of fused-ring (bicyclic) bond motifs is 3. The molecule has 3 aromatic rings. The second-order valence-corrected chi connectivity index (χ2v) is 9.72. The maximum atomic E-state index is 13.4. The van der Waals surface area contributed by atoms with Gasteiger partial charge in [0.15, 0.2) is 11.7 Å². The topological polar surface area (TPSA) is 73.8 Å². The summed E-state index contributed by atoms with van der Waals surface area (Å²) in [4.78, 5) is 30.7. The number of para-hydroxylation sites is 1. The van der Waals surface area contributed by atoms with Gasteiger partial charge in [-0.15, -0.1) is 0 Å². The molecule has 1 fully saturated rings. The number of carbonyl (C=O) groups excluding carboxylic acids is 1. The Morgan fingerprint density at radius 2 is 1.86 bits per heavy atom. The van der Waals surface area contributed by atoms with Crippen molar-refractivity contribution < 1.29 is 9.53 Å². The summed E-state index contributed by atoms with van der Waals surface area (Å²) in [5.41, 5.74) is 2.05. The van der Waals surface area contributed by atoms with E-state index < -0.39 is 0 Å². The van der Waals surface area contributed by atoms with Crippen molar-refractivity contribution in [2.24, 2.45) is 4.99 Å². The lowest BCUT2D eigenvalue weighted by atomic mass is 10.1. The van der Waals surface area contributed by atoms with E-state index in [2.05, 4.69) is 24.0 Å². The number of nitrogens with one attached hydrogen (secondary N) is 1. The number of benzene rings is 2. The smallest absolute Gasteiger partial charge is 0.331 e. The summed E-state index contributed by atoms with van der Waals surface area (Å²) in [6.07, 6.45) is 6.44. The largest absolute Gasteiger partial charge is 0.457 e. The van der Waals surface area contributed by atoms with Gasteiger partial charge in [-0.3, -0.25) is 14.8 Å². The number of ether oxygens (including phenoxy) is 1. The first-order chi connectivity index (χ1) is 17.2. The first kappa shape index (κ1) is 21.9. The van der Waals surface area contributed by atoms with Crippen molar-refractivity contribution in [3.05, 3.63) is 71.7 Å². The lowest BCUT2D eigenvalue weighted by Gasteiger charge is -2.32. The summed E-state index contributed by atoms with van der Waals surface area (Å²) >= 11 is 0. The second kappa shape index (κ2) is 9.21. The highest BCUT2D eigenvalue weighted by Gasteiger charge is 2.42. The molecular weight excluding hydrogens is 438 g/mol. The molecule has 7 nitrogen and oxygen atoms in total. The van der Waals surface area contributed by atoms with Gasteiger partial charge in [-0.25, -0.2) is 9.78 Å². The average molecular weight is 470 g/mol. The van der Waals surface area contributed by atoms with Crippen LogP contribution in [0.5, 0.6) is 11.5 Å². The lowest BCUT2D eigenvalue weighted by Crippen LogP contribution is -2.50. The second-order valence-electron chi connectivity index (χ2n) is 9.72. The van der Waals surface area contributed by atoms with E-state index in [1.54, 1.807) is 0 Å². The molecule has 1 atom stereocenters. The Morgan fingerprint density at radius 1 is 1.06 bits per heavy atom. The van der Waals surface area contributed by atoms with E-state index in [1.807, 2.05) is 52.3 Å². The molecule has 0 spiro atoms. The number of aromatic amines is 1. The minimum absolute atomic E-state index is 0.00594. The number of carbonyl (C=O) groups is 1. The van der Waals surface area contributed by atoms with Crippen LogP contribution in [0.15, 0.2) is 59.6 Å². The Bertz CT molecular complexity index is 1250. The normalized spacial score (nSPS) is 19.6. The van der Waals surface area contributed by atoms with Crippen LogP contribution in [0.3, 0.4) is 0 Å². The molecule has 1 aliphatic carbocycles. The number of rotatable bonds is 7. The Kier molecular flexibility index (Phi) is 5.76. The number of aliphatic imine (C=N–C) groups is 1. The number of nitrogens with zero attached hydrogens (tertiary/aromatic N) is 4. The molecule has 1 aromatic heterocycles. The van der Waals surface area contributed by atoms with E-state index >= 15 is 0 Å². The third kappa shape index (κ3) is 4.20. The van der Waals surface area contributed by atoms with Gasteiger partial charge in [-0.1, -0.05) is 50.1 Å². The molecule has 0 radical (unpaired) electrons. The fourth-order valence-corrected chi connectivity index (χ4v) is 5.48. The minimum atomic E-state index is -0.00812. The number of H-pyrrole nitrogens is 1. The fourth-order valence-electron chi connectivity index (χ4n) is 5.48. The molecule has 0 saturated heterocycles. The van der Waals surface area contributed by atoms with Crippen LogP contribution in [0.2, 0.25) is 0 Å². The van der Waals surface area contributed by atoms with Gasteiger partial charge < -0.3 is 9.72 Å². The van der Waals surface area contributed by atoms with E-state index in [4.69, 9.17) is 14.7 Å². The van der Waals surface area contributed by atoms with Gasteiger partial charge >= 0.3 is 6.03 Å². The summed E-state index contributed by atoms with van der Waals surface area (Å²) in [6, 6.07) is 17.9. The number of hydrogen-bond donors (Lipinski definition) is 1. The van der Waals surface area contributed by atoms with Crippen molar-refractivity contribution in [1.29, 1.82) is 0 Å². The van der Waals surface area contributed by atoms with E-state index in [0.717, 1.165) is 65.9 Å². The molecule has 7 heteroatoms. The molecule has 0 bridgehead atoms. The standard InChI is InChI=1S/C28H31N5O2/c1-2-15-32-27-24(30-25(31-27)20-10-6-7-11-20)26-29-21(18-33(26)28(32)34)16-19-9-8-14-23(17-19)35-22-12-4-3-5-13-22/h3-5,8-9,12-14,17,20-21H,2,6-7,10-11,15-16,18H2,1H3,(H,30,31). The Hall–Kier alpha value is -3.61. The lowest BCUT2D eigenvalue weighted by molar-refractivity contribution is 0.226. The predicted molar refractivity (Wildman–Crippen MR) is 137 cm³/mol. The molecule has 2 aromatic carbocycles. The zero-order valence-corrected chi connectivity index (χ0v) is 20.1. The van der Waals surface area contributed by atoms with Crippen LogP contribution in [0.4, 0.5) is 10.6 Å². The first-order valence-corrected chi connectivity index (χ1v) is 12.8. The van der Waals surface area contributed by atoms with E-state index in [9.17, 15) is 4.79 Å². The zero-order valence-electron chi connectivity index (χ0n) is 20.1. The zero-order chi connectivity index (χ0) is 23.8. The molecule has 3 heterocycles. The third-order valence-electron chi connectivity index (χ3n) is 7.14. The van der Waals surface area contributed by atoms with Crippen LogP contribution in [-0.4, -0.2) is 45.9 Å². The monoisotopic (exact) mass is 469 g/mol. The number of amides is 2. The molecule has 2 aliphatic heterocycles. The molecule has 1 unspecified atom stereocenters. The number of amidine groups is 1. The first-order valence-electron chi connectivity index (χ1n) is 12.8. The molecule has 3 aliphatic rings. The number of aromatic nitrogens is 2. The predicted octanol–water partition coefficient (Wildman–Crippen LogP) is 5.88. The van der Waals surface area contributed by atoms with Gasteiger partial charge in [-0.2, -0.15) is 0 Å². The summed E-state index contributed by atoms with van der Waals surface area (Å²) in [7, 11) is 0. The number of hydrogen-bond acceptors (Lipinski definition) is 4. The highest BCUT2D eigenvalue weighted by atomic mass is 16.5. The van der Waals surface area contributed by atoms with E-state index in [-0.39, 0.29) is 12.1 Å². The van der Waals surface area contributed by atoms with Crippen molar-refractivity contribution >= 4 is 17.7 Å². The van der Waals surface area contributed by atoms with Gasteiger partial charge in [0.05, 0.1) is 12.6 Å². The van der Waals surface area contributed by atoms with Crippen LogP contribution in [0.1, 0.15) is 62.0 Å². The van der Waals surface area contributed by atoms with Gasteiger partial charge in [0.1, 0.15) is 23.0 Å². The Labute approximate surface area is 205 Å². The molecule has 35 heavy (non-hydrogen) atoms. The van der Waals surface area contributed by atoms with Crippen LogP contribution in [0, 0.1) is 0 Å². The maximum Gasteiger partial charge on any atom is 0.331 e. The van der Waals surface area contributed by atoms with Crippen molar-refractivity contribution in [3.63, 3.8) is 0 Å². The van der Waals surface area contributed by atoms with Crippen molar-refractivity contribution in [1.82, 2.24) is 14.9 Å². The molecule has 1 N–H and O–H groups in total. The quantitative estimate of drug-likeness (QED) is 0.469. The molecule has 1 saturated carbocycles. The van der Waals surface area contributed by atoms with E-state index in [0.29, 0.717) is 19.0 Å². The van der Waals surface area contributed by atoms with Crippen LogP contribution >= 0.6 is 0 Å². The minimum Gasteiger partial charge on any atom is -0.457 e. The van der Waals surface area contributed by atoms with Gasteiger partial charge in [0.2, 0.25) is 0 Å². The summed E-state index contributed by atoms with van der Waals surface area (Å²) in [6.45, 7) is 3.34. The number of imidazole rings is 1. The number of urea groups is 1. The van der Waals surface area contributed by atoms with Gasteiger partial charge in [-0.05, 0) is 55.5 Å². The van der Waals surface area contributed by atoms with Crippen molar-refractivity contribution in [3.8, 4) is 11.5 Å². The van der Waals surface area contributed by atoms with Crippen molar-refractivity contribution in [2.75, 3.05) is 18.0 Å². The SMILES string of the molecule is CCCN1C(=O)N2CC(Cc3cccc(Oc4ccccc4)c3)N=C2c2[nH]c(C3CCCC3)nc21. The summed E-state index contributed by atoms with van der Waals surface area (Å²) < 4.78 is 6.01. The fraction of sp³-hybridized carbons (Fsp3) is 0.393. The highest BCUT2D eigenvalue weighted by Crippen LogP contribution is 2.37. The maximum absolute atomic E-state index is 13.4. The van der Waals surface area contributed by atoms with E-state index in [1.165, 1.54) is 12.8 Å². The van der Waals surface area contributed by atoms with Gasteiger partial charge in [0, 0.05) is 12.5 Å². The third-order valence-corrected chi connectivity index (χ3v) is 7.14. The summed E-state index contributed by atoms with van der Waals surface area (Å²) in [5.74, 6) is 4.59. The highest BCUT2D eigenvalue weighted by molar-refractivity contribution is 6.18. The molecular formula is C28H31N5O2. The van der Waals surface area contributed by atoms with Crippen LogP contribution in [-0.2, 0) is 6.42 Å². The summed E-state index contributed by atoms with van der Waals surface area (Å²) in [5, 5.41) is 0.